The maximum atomic E-state index is 10.6. The zero-order valence-corrected chi connectivity index (χ0v) is 13.2. The van der Waals surface area contributed by atoms with Gasteiger partial charge in [0.25, 0.3) is 17.2 Å². The van der Waals surface area contributed by atoms with Gasteiger partial charge in [-0.15, -0.1) is 15.3 Å². The number of aromatic hydroxyl groups is 2. The lowest BCUT2D eigenvalue weighted by Gasteiger charge is -2.02. The number of nitro benzene ring substituents is 2. The quantitative estimate of drug-likeness (QED) is 0.178. The summed E-state index contributed by atoms with van der Waals surface area (Å²) in [5.74, 6) is -1.51. The number of nitrogens with one attached hydrogen (secondary N) is 1. The van der Waals surface area contributed by atoms with Gasteiger partial charge >= 0.3 is 0 Å². The van der Waals surface area contributed by atoms with Crippen LogP contribution in [0.3, 0.4) is 0 Å². The van der Waals surface area contributed by atoms with Gasteiger partial charge in [0.15, 0.2) is 0 Å². The van der Waals surface area contributed by atoms with Crippen molar-refractivity contribution in [2.45, 2.75) is 0 Å². The molecule has 0 aliphatic rings. The second kappa shape index (κ2) is 7.98. The number of nitrogens with zero attached hydrogens (tertiary/aromatic N) is 6. The topological polar surface area (TPSA) is 200 Å². The van der Waals surface area contributed by atoms with Crippen molar-refractivity contribution in [2.24, 2.45) is 15.3 Å². The Kier molecular flexibility index (Phi) is 5.54. The molecule has 0 fully saturated rings. The van der Waals surface area contributed by atoms with E-state index in [0.29, 0.717) is 0 Å². The summed E-state index contributed by atoms with van der Waals surface area (Å²) in [5, 5.41) is 60.1. The second-order valence-electron chi connectivity index (χ2n) is 4.75. The summed E-state index contributed by atoms with van der Waals surface area (Å²) in [4.78, 5) is 19.8. The van der Waals surface area contributed by atoms with Crippen LogP contribution in [0.25, 0.3) is 0 Å². The molecule has 2 aromatic rings. The Balaban J connectivity index is 2.18. The van der Waals surface area contributed by atoms with Crippen LogP contribution in [-0.2, 0) is 0 Å². The van der Waals surface area contributed by atoms with Crippen molar-refractivity contribution in [2.75, 3.05) is 5.43 Å². The fourth-order valence-corrected chi connectivity index (χ4v) is 1.72. The molecule has 13 heteroatoms. The maximum absolute atomic E-state index is 10.6. The highest BCUT2D eigenvalue weighted by atomic mass is 16.6. The number of phenolic OH excluding ortho intramolecular Hbond substituents is 2. The van der Waals surface area contributed by atoms with Crippen LogP contribution in [0.15, 0.2) is 51.7 Å². The number of anilines is 1. The van der Waals surface area contributed by atoms with E-state index in [1.807, 2.05) is 0 Å². The van der Waals surface area contributed by atoms with Gasteiger partial charge in [-0.3, -0.25) is 25.7 Å². The van der Waals surface area contributed by atoms with Crippen LogP contribution in [0.4, 0.5) is 22.7 Å². The Morgan fingerprint density at radius 3 is 2.15 bits per heavy atom. The normalized spacial score (nSPS) is 11.1. The largest absolute Gasteiger partial charge is 0.505 e. The number of hydrogen-bond acceptors (Lipinski definition) is 10. The third-order valence-electron chi connectivity index (χ3n) is 3.00. The summed E-state index contributed by atoms with van der Waals surface area (Å²) in [5.41, 5.74) is 1.44. The van der Waals surface area contributed by atoms with Crippen LogP contribution >= 0.6 is 0 Å². The van der Waals surface area contributed by atoms with E-state index in [9.17, 15) is 30.4 Å². The first-order chi connectivity index (χ1) is 12.8. The number of hydrogen-bond donors (Lipinski definition) is 3. The zero-order chi connectivity index (χ0) is 20.0. The number of nitriles is 1. The van der Waals surface area contributed by atoms with Gasteiger partial charge in [-0.25, -0.2) is 0 Å². The molecule has 3 N–H and O–H groups in total. The van der Waals surface area contributed by atoms with Gasteiger partial charge in [-0.1, -0.05) is 0 Å². The van der Waals surface area contributed by atoms with Gasteiger partial charge in [-0.05, 0) is 12.1 Å². The first-order valence-corrected chi connectivity index (χ1v) is 6.92. The predicted octanol–water partition coefficient (Wildman–Crippen LogP) is 2.95. The van der Waals surface area contributed by atoms with E-state index in [4.69, 9.17) is 5.26 Å². The fraction of sp³-hybridized carbons (Fsp3) is 0. The lowest BCUT2D eigenvalue weighted by Crippen LogP contribution is -1.97. The molecule has 0 amide bonds. The molecule has 2 aromatic carbocycles. The molecule has 0 aliphatic carbocycles. The Morgan fingerprint density at radius 2 is 1.63 bits per heavy atom. The van der Waals surface area contributed by atoms with E-state index in [-0.39, 0.29) is 22.7 Å². The molecule has 0 heterocycles. The summed E-state index contributed by atoms with van der Waals surface area (Å²) in [7, 11) is 0. The van der Waals surface area contributed by atoms with Crippen molar-refractivity contribution in [3.8, 4) is 17.6 Å². The molecule has 0 atom stereocenters. The van der Waals surface area contributed by atoms with Crippen molar-refractivity contribution in [1.82, 2.24) is 0 Å². The van der Waals surface area contributed by atoms with Gasteiger partial charge < -0.3 is 10.2 Å². The number of phenols is 2. The minimum atomic E-state index is -0.705. The van der Waals surface area contributed by atoms with E-state index in [0.717, 1.165) is 30.3 Å². The third-order valence-corrected chi connectivity index (χ3v) is 3.00. The van der Waals surface area contributed by atoms with E-state index in [1.165, 1.54) is 6.07 Å². The van der Waals surface area contributed by atoms with Crippen LogP contribution in [0.1, 0.15) is 0 Å². The van der Waals surface area contributed by atoms with Crippen LogP contribution in [0.5, 0.6) is 11.5 Å². The lowest BCUT2D eigenvalue weighted by atomic mass is 10.2. The minimum Gasteiger partial charge on any atom is -0.505 e. The van der Waals surface area contributed by atoms with E-state index < -0.39 is 27.2 Å². The van der Waals surface area contributed by atoms with E-state index >= 15 is 0 Å². The van der Waals surface area contributed by atoms with Gasteiger partial charge in [0.05, 0.1) is 27.7 Å². The fourth-order valence-electron chi connectivity index (χ4n) is 1.72. The minimum absolute atomic E-state index is 0.0262. The average molecular weight is 371 g/mol. The molecule has 136 valence electrons. The molecule has 0 spiro atoms. The number of non-ortho nitro benzene ring substituents is 2. The number of nitro groups is 2. The summed E-state index contributed by atoms with van der Waals surface area (Å²) >= 11 is 0. The molecular weight excluding hydrogens is 362 g/mol. The predicted molar refractivity (Wildman–Crippen MR) is 90.7 cm³/mol. The molecule has 0 aliphatic heterocycles. The molecule has 13 nitrogen and oxygen atoms in total. The standard InChI is InChI=1S/C14H9N7O6/c15-7-14(18-16-10-3-1-8(20(24)25)5-12(10)22)19-17-11-4-2-9(21(26)27)6-13(11)23/h1-6,16,22-23H. The van der Waals surface area contributed by atoms with Gasteiger partial charge in [-0.2, -0.15) is 5.26 Å². The van der Waals surface area contributed by atoms with Gasteiger partial charge in [0.2, 0.25) is 0 Å². The van der Waals surface area contributed by atoms with Crippen LogP contribution in [-0.4, -0.2) is 25.9 Å². The molecule has 0 unspecified atom stereocenters. The highest BCUT2D eigenvalue weighted by Gasteiger charge is 2.11. The molecule has 0 saturated heterocycles. The first-order valence-electron chi connectivity index (χ1n) is 6.92. The number of azo groups is 1. The van der Waals surface area contributed by atoms with Crippen molar-refractivity contribution < 1.29 is 20.1 Å². The molecule has 0 saturated carbocycles. The van der Waals surface area contributed by atoms with E-state index in [2.05, 4.69) is 20.8 Å². The summed E-state index contributed by atoms with van der Waals surface area (Å²) in [6.07, 6.45) is 0. The zero-order valence-electron chi connectivity index (χ0n) is 13.2. The van der Waals surface area contributed by atoms with Crippen LogP contribution in [0.2, 0.25) is 0 Å². The van der Waals surface area contributed by atoms with Gasteiger partial charge in [0.1, 0.15) is 23.3 Å². The van der Waals surface area contributed by atoms with Gasteiger partial charge in [0, 0.05) is 12.1 Å². The van der Waals surface area contributed by atoms with Crippen molar-refractivity contribution in [3.63, 3.8) is 0 Å². The SMILES string of the molecule is N#CC(N=Nc1ccc([N+](=O)[O-])cc1O)=NNc1ccc([N+](=O)[O-])cc1O. The Morgan fingerprint density at radius 1 is 1.04 bits per heavy atom. The molecule has 0 aromatic heterocycles. The van der Waals surface area contributed by atoms with Crippen LogP contribution in [0, 0.1) is 31.6 Å². The molecular formula is C14H9N7O6. The number of benzene rings is 2. The Bertz CT molecular complexity index is 1010. The van der Waals surface area contributed by atoms with E-state index in [1.54, 1.807) is 6.07 Å². The third kappa shape index (κ3) is 4.70. The van der Waals surface area contributed by atoms with Crippen molar-refractivity contribution >= 4 is 28.6 Å². The smallest absolute Gasteiger partial charge is 0.273 e. The second-order valence-corrected chi connectivity index (χ2v) is 4.75. The number of hydrazone groups is 1. The molecule has 0 radical (unpaired) electrons. The summed E-state index contributed by atoms with van der Waals surface area (Å²) < 4.78 is 0. The monoisotopic (exact) mass is 371 g/mol. The van der Waals surface area contributed by atoms with Crippen molar-refractivity contribution in [1.29, 1.82) is 5.26 Å². The lowest BCUT2D eigenvalue weighted by molar-refractivity contribution is -0.385. The summed E-state index contributed by atoms with van der Waals surface area (Å²) in [6.45, 7) is 0. The first kappa shape index (κ1) is 18.7. The average Bonchev–Trinajstić information content (AvgIpc) is 2.63. The number of rotatable bonds is 5. The molecule has 27 heavy (non-hydrogen) atoms. The highest BCUT2D eigenvalue weighted by Crippen LogP contribution is 2.30. The molecule has 0 bridgehead atoms. The Hall–Kier alpha value is -4.60. The Labute approximate surface area is 149 Å². The van der Waals surface area contributed by atoms with Crippen LogP contribution < -0.4 is 5.43 Å². The molecule has 2 rings (SSSR count). The highest BCUT2D eigenvalue weighted by molar-refractivity contribution is 5.97. The maximum Gasteiger partial charge on any atom is 0.273 e. The summed E-state index contributed by atoms with van der Waals surface area (Å²) in [6, 6.07) is 7.84. The van der Waals surface area contributed by atoms with Crippen molar-refractivity contribution in [3.05, 3.63) is 56.6 Å². The number of amidine groups is 1.